The monoisotopic (exact) mass is 335 g/mol. The second kappa shape index (κ2) is 8.11. The number of aryl methyl sites for hydroxylation is 2. The SMILES string of the molecule is CC(NC(=O)CCC(=O)c1ccc2c(c1)CCCC2)c1ccccc1. The van der Waals surface area contributed by atoms with Gasteiger partial charge in [0.05, 0.1) is 6.04 Å². The van der Waals surface area contributed by atoms with Crippen LogP contribution in [-0.4, -0.2) is 11.7 Å². The van der Waals surface area contributed by atoms with Gasteiger partial charge in [-0.05, 0) is 55.4 Å². The van der Waals surface area contributed by atoms with Crippen LogP contribution in [0.5, 0.6) is 0 Å². The number of Topliss-reactive ketones (excluding diaryl/α,β-unsaturated/α-hetero) is 1. The maximum Gasteiger partial charge on any atom is 0.220 e. The van der Waals surface area contributed by atoms with Gasteiger partial charge in [0.25, 0.3) is 0 Å². The summed E-state index contributed by atoms with van der Waals surface area (Å²) in [7, 11) is 0. The van der Waals surface area contributed by atoms with E-state index in [-0.39, 0.29) is 30.6 Å². The summed E-state index contributed by atoms with van der Waals surface area (Å²) in [5.41, 5.74) is 4.48. The summed E-state index contributed by atoms with van der Waals surface area (Å²) in [5.74, 6) is -0.0291. The molecule has 1 atom stereocenters. The number of fused-ring (bicyclic) bond motifs is 1. The molecule has 0 fully saturated rings. The van der Waals surface area contributed by atoms with Crippen molar-refractivity contribution in [3.8, 4) is 0 Å². The number of carbonyl (C=O) groups excluding carboxylic acids is 2. The van der Waals surface area contributed by atoms with Crippen molar-refractivity contribution in [2.75, 3.05) is 0 Å². The van der Waals surface area contributed by atoms with Crippen molar-refractivity contribution in [1.29, 1.82) is 0 Å². The molecule has 0 aliphatic heterocycles. The zero-order valence-corrected chi connectivity index (χ0v) is 14.8. The lowest BCUT2D eigenvalue weighted by Gasteiger charge is -2.16. The molecule has 0 saturated heterocycles. The van der Waals surface area contributed by atoms with Crippen LogP contribution in [0.15, 0.2) is 48.5 Å². The molecule has 0 bridgehead atoms. The quantitative estimate of drug-likeness (QED) is 0.795. The number of hydrogen-bond acceptors (Lipinski definition) is 2. The Bertz CT molecular complexity index is 752. The maximum atomic E-state index is 12.4. The fraction of sp³-hybridized carbons (Fsp3) is 0.364. The minimum atomic E-state index is -0.0809. The minimum Gasteiger partial charge on any atom is -0.350 e. The van der Waals surface area contributed by atoms with Gasteiger partial charge >= 0.3 is 0 Å². The fourth-order valence-corrected chi connectivity index (χ4v) is 3.42. The highest BCUT2D eigenvalue weighted by atomic mass is 16.2. The molecule has 1 N–H and O–H groups in total. The largest absolute Gasteiger partial charge is 0.350 e. The Morgan fingerprint density at radius 3 is 2.44 bits per heavy atom. The van der Waals surface area contributed by atoms with Crippen molar-refractivity contribution in [2.24, 2.45) is 0 Å². The van der Waals surface area contributed by atoms with Gasteiger partial charge in [-0.15, -0.1) is 0 Å². The number of hydrogen-bond donors (Lipinski definition) is 1. The molecule has 0 spiro atoms. The second-order valence-electron chi connectivity index (χ2n) is 6.81. The van der Waals surface area contributed by atoms with E-state index in [1.54, 1.807) is 0 Å². The first-order valence-electron chi connectivity index (χ1n) is 9.13. The zero-order valence-electron chi connectivity index (χ0n) is 14.8. The van der Waals surface area contributed by atoms with Crippen LogP contribution in [-0.2, 0) is 17.6 Å². The van der Waals surface area contributed by atoms with Crippen molar-refractivity contribution in [2.45, 2.75) is 51.5 Å². The molecule has 3 heteroatoms. The standard InChI is InChI=1S/C22H25NO2/c1-16(17-7-3-2-4-8-17)23-22(25)14-13-21(24)20-12-11-18-9-5-6-10-19(18)15-20/h2-4,7-8,11-12,15-16H,5-6,9-10,13-14H2,1H3,(H,23,25). The Kier molecular flexibility index (Phi) is 5.64. The van der Waals surface area contributed by atoms with Gasteiger partial charge in [0.1, 0.15) is 0 Å². The lowest BCUT2D eigenvalue weighted by Crippen LogP contribution is -2.26. The van der Waals surface area contributed by atoms with E-state index in [1.807, 2.05) is 49.4 Å². The molecular formula is C22H25NO2. The van der Waals surface area contributed by atoms with E-state index in [4.69, 9.17) is 0 Å². The summed E-state index contributed by atoms with van der Waals surface area (Å²) in [4.78, 5) is 24.5. The van der Waals surface area contributed by atoms with Crippen LogP contribution in [0.2, 0.25) is 0 Å². The van der Waals surface area contributed by atoms with Crippen molar-refractivity contribution in [3.05, 3.63) is 70.8 Å². The van der Waals surface area contributed by atoms with Crippen LogP contribution in [0, 0.1) is 0 Å². The summed E-state index contributed by atoms with van der Waals surface area (Å²) in [6, 6.07) is 15.8. The Hall–Kier alpha value is -2.42. The summed E-state index contributed by atoms with van der Waals surface area (Å²) in [6.07, 6.45) is 5.10. The van der Waals surface area contributed by atoms with E-state index in [2.05, 4.69) is 11.4 Å². The molecule has 1 aliphatic rings. The predicted molar refractivity (Wildman–Crippen MR) is 99.6 cm³/mol. The molecule has 3 nitrogen and oxygen atoms in total. The normalized spacial score (nSPS) is 14.4. The molecule has 1 aliphatic carbocycles. The maximum absolute atomic E-state index is 12.4. The second-order valence-corrected chi connectivity index (χ2v) is 6.81. The molecule has 2 aromatic rings. The third kappa shape index (κ3) is 4.56. The first kappa shape index (κ1) is 17.4. The van der Waals surface area contributed by atoms with E-state index in [0.717, 1.165) is 24.0 Å². The first-order valence-corrected chi connectivity index (χ1v) is 9.13. The molecule has 130 valence electrons. The fourth-order valence-electron chi connectivity index (χ4n) is 3.42. The van der Waals surface area contributed by atoms with Gasteiger partial charge in [0, 0.05) is 18.4 Å². The molecule has 0 heterocycles. The van der Waals surface area contributed by atoms with Crippen LogP contribution in [0.4, 0.5) is 0 Å². The first-order chi connectivity index (χ1) is 12.1. The molecular weight excluding hydrogens is 310 g/mol. The third-order valence-electron chi connectivity index (χ3n) is 4.93. The lowest BCUT2D eigenvalue weighted by atomic mass is 9.89. The minimum absolute atomic E-state index is 0.0486. The van der Waals surface area contributed by atoms with E-state index in [9.17, 15) is 9.59 Å². The summed E-state index contributed by atoms with van der Waals surface area (Å²) < 4.78 is 0. The van der Waals surface area contributed by atoms with Crippen molar-refractivity contribution in [3.63, 3.8) is 0 Å². The van der Waals surface area contributed by atoms with Gasteiger partial charge in [0.2, 0.25) is 5.91 Å². The van der Waals surface area contributed by atoms with Crippen molar-refractivity contribution >= 4 is 11.7 Å². The average molecular weight is 335 g/mol. The molecule has 25 heavy (non-hydrogen) atoms. The van der Waals surface area contributed by atoms with E-state index >= 15 is 0 Å². The smallest absolute Gasteiger partial charge is 0.220 e. The van der Waals surface area contributed by atoms with Crippen LogP contribution in [0.3, 0.4) is 0 Å². The molecule has 0 saturated carbocycles. The Balaban J connectivity index is 1.52. The third-order valence-corrected chi connectivity index (χ3v) is 4.93. The van der Waals surface area contributed by atoms with Gasteiger partial charge in [0.15, 0.2) is 5.78 Å². The van der Waals surface area contributed by atoms with E-state index in [1.165, 1.54) is 24.0 Å². The Morgan fingerprint density at radius 1 is 0.960 bits per heavy atom. The number of nitrogens with one attached hydrogen (secondary N) is 1. The Labute approximate surface area is 149 Å². The molecule has 1 amide bonds. The summed E-state index contributed by atoms with van der Waals surface area (Å²) in [5, 5.41) is 2.96. The van der Waals surface area contributed by atoms with Gasteiger partial charge in [-0.25, -0.2) is 0 Å². The Morgan fingerprint density at radius 2 is 1.68 bits per heavy atom. The predicted octanol–water partition coefficient (Wildman–Crippen LogP) is 4.41. The number of benzene rings is 2. The molecule has 2 aromatic carbocycles. The number of amides is 1. The molecule has 3 rings (SSSR count). The summed E-state index contributed by atoms with van der Waals surface area (Å²) >= 11 is 0. The van der Waals surface area contributed by atoms with Crippen LogP contribution >= 0.6 is 0 Å². The number of rotatable bonds is 6. The highest BCUT2D eigenvalue weighted by Gasteiger charge is 2.15. The number of carbonyl (C=O) groups is 2. The molecule has 1 unspecified atom stereocenters. The lowest BCUT2D eigenvalue weighted by molar-refractivity contribution is -0.121. The van der Waals surface area contributed by atoms with E-state index in [0.29, 0.717) is 0 Å². The zero-order chi connectivity index (χ0) is 17.6. The summed E-state index contributed by atoms with van der Waals surface area (Å²) in [6.45, 7) is 1.96. The highest BCUT2D eigenvalue weighted by Crippen LogP contribution is 2.23. The highest BCUT2D eigenvalue weighted by molar-refractivity contribution is 5.98. The molecule has 0 aromatic heterocycles. The number of ketones is 1. The van der Waals surface area contributed by atoms with Crippen molar-refractivity contribution < 1.29 is 9.59 Å². The van der Waals surface area contributed by atoms with Crippen LogP contribution in [0.25, 0.3) is 0 Å². The molecule has 0 radical (unpaired) electrons. The van der Waals surface area contributed by atoms with Gasteiger partial charge in [-0.2, -0.15) is 0 Å². The van der Waals surface area contributed by atoms with Gasteiger partial charge in [-0.3, -0.25) is 9.59 Å². The van der Waals surface area contributed by atoms with E-state index < -0.39 is 0 Å². The average Bonchev–Trinajstić information content (AvgIpc) is 2.66. The van der Waals surface area contributed by atoms with Gasteiger partial charge in [-0.1, -0.05) is 42.5 Å². The van der Waals surface area contributed by atoms with Crippen LogP contribution < -0.4 is 5.32 Å². The topological polar surface area (TPSA) is 46.2 Å². The van der Waals surface area contributed by atoms with Gasteiger partial charge < -0.3 is 5.32 Å². The van der Waals surface area contributed by atoms with Crippen molar-refractivity contribution in [1.82, 2.24) is 5.32 Å². The van der Waals surface area contributed by atoms with Crippen LogP contribution in [0.1, 0.15) is 65.7 Å².